The maximum atomic E-state index is 12.9. The maximum absolute atomic E-state index is 12.9. The van der Waals surface area contributed by atoms with Crippen LogP contribution in [0, 0.1) is 0 Å². The Labute approximate surface area is 164 Å². The Kier molecular flexibility index (Phi) is 6.02. The van der Waals surface area contributed by atoms with Crippen LogP contribution in [0.5, 0.6) is 0 Å². The monoisotopic (exact) mass is 385 g/mol. The average molecular weight is 385 g/mol. The van der Waals surface area contributed by atoms with Gasteiger partial charge in [-0.2, -0.15) is 0 Å². The SMILES string of the molecule is CC(C)n1cc(C(=O)NC2CCCC2)c(=O)c(C(=O)N[C@H](C)c2ccco2)c1. The second-order valence-electron chi connectivity index (χ2n) is 7.62. The minimum Gasteiger partial charge on any atom is -0.467 e. The summed E-state index contributed by atoms with van der Waals surface area (Å²) in [6, 6.07) is 3.18. The van der Waals surface area contributed by atoms with Crippen LogP contribution in [0.3, 0.4) is 0 Å². The molecule has 1 aliphatic carbocycles. The van der Waals surface area contributed by atoms with Crippen LogP contribution in [-0.2, 0) is 0 Å². The fraction of sp³-hybridized carbons (Fsp3) is 0.476. The summed E-state index contributed by atoms with van der Waals surface area (Å²) in [5, 5.41) is 5.70. The molecular formula is C21H27N3O4. The Balaban J connectivity index is 1.89. The second kappa shape index (κ2) is 8.46. The van der Waals surface area contributed by atoms with Crippen LogP contribution in [0.25, 0.3) is 0 Å². The number of hydrogen-bond acceptors (Lipinski definition) is 4. The summed E-state index contributed by atoms with van der Waals surface area (Å²) in [5.41, 5.74) is -0.610. The van der Waals surface area contributed by atoms with Crippen molar-refractivity contribution < 1.29 is 14.0 Å². The Morgan fingerprint density at radius 1 is 1.11 bits per heavy atom. The van der Waals surface area contributed by atoms with Crippen molar-refractivity contribution in [2.24, 2.45) is 0 Å². The molecule has 0 radical (unpaired) electrons. The molecular weight excluding hydrogens is 358 g/mol. The normalized spacial score (nSPS) is 15.6. The third-order valence-electron chi connectivity index (χ3n) is 5.14. The summed E-state index contributed by atoms with van der Waals surface area (Å²) in [6.07, 6.45) is 8.56. The molecule has 0 aromatic carbocycles. The molecule has 2 aromatic rings. The van der Waals surface area contributed by atoms with E-state index in [2.05, 4.69) is 10.6 Å². The van der Waals surface area contributed by atoms with Crippen LogP contribution < -0.4 is 16.1 Å². The van der Waals surface area contributed by atoms with Gasteiger partial charge in [0, 0.05) is 24.5 Å². The third kappa shape index (κ3) is 4.35. The molecule has 7 heteroatoms. The molecule has 2 heterocycles. The Morgan fingerprint density at radius 3 is 2.32 bits per heavy atom. The lowest BCUT2D eigenvalue weighted by Crippen LogP contribution is -2.39. The van der Waals surface area contributed by atoms with Gasteiger partial charge in [-0.25, -0.2) is 0 Å². The van der Waals surface area contributed by atoms with Crippen LogP contribution in [0.2, 0.25) is 0 Å². The van der Waals surface area contributed by atoms with Crippen LogP contribution in [-0.4, -0.2) is 22.4 Å². The first-order chi connectivity index (χ1) is 13.4. The van der Waals surface area contributed by atoms with Crippen molar-refractivity contribution in [3.8, 4) is 0 Å². The molecule has 0 aliphatic heterocycles. The molecule has 1 aliphatic rings. The third-order valence-corrected chi connectivity index (χ3v) is 5.14. The molecule has 0 saturated heterocycles. The maximum Gasteiger partial charge on any atom is 0.257 e. The van der Waals surface area contributed by atoms with Crippen molar-refractivity contribution in [2.45, 2.75) is 64.6 Å². The Hall–Kier alpha value is -2.83. The van der Waals surface area contributed by atoms with E-state index in [1.807, 2.05) is 13.8 Å². The molecule has 1 atom stereocenters. The fourth-order valence-electron chi connectivity index (χ4n) is 3.44. The molecule has 150 valence electrons. The van der Waals surface area contributed by atoms with E-state index in [1.54, 1.807) is 23.6 Å². The van der Waals surface area contributed by atoms with Crippen molar-refractivity contribution in [1.29, 1.82) is 0 Å². The van der Waals surface area contributed by atoms with Crippen molar-refractivity contribution in [2.75, 3.05) is 0 Å². The van der Waals surface area contributed by atoms with Crippen LogP contribution in [0.15, 0.2) is 40.0 Å². The van der Waals surface area contributed by atoms with Gasteiger partial charge in [-0.15, -0.1) is 0 Å². The number of rotatable bonds is 6. The zero-order valence-corrected chi connectivity index (χ0v) is 16.5. The summed E-state index contributed by atoms with van der Waals surface area (Å²) in [5.74, 6) is -0.355. The zero-order valence-electron chi connectivity index (χ0n) is 16.5. The van der Waals surface area contributed by atoms with Gasteiger partial charge in [-0.05, 0) is 45.7 Å². The van der Waals surface area contributed by atoms with Crippen LogP contribution >= 0.6 is 0 Å². The number of furan rings is 1. The van der Waals surface area contributed by atoms with Crippen LogP contribution in [0.4, 0.5) is 0 Å². The summed E-state index contributed by atoms with van der Waals surface area (Å²) in [6.45, 7) is 5.63. The van der Waals surface area contributed by atoms with Gasteiger partial charge in [0.15, 0.2) is 0 Å². The molecule has 0 bridgehead atoms. The van der Waals surface area contributed by atoms with Gasteiger partial charge < -0.3 is 19.6 Å². The molecule has 1 fully saturated rings. The molecule has 0 unspecified atom stereocenters. The Bertz CT molecular complexity index is 893. The minimum atomic E-state index is -0.559. The zero-order chi connectivity index (χ0) is 20.3. The lowest BCUT2D eigenvalue weighted by molar-refractivity contribution is 0.0933. The average Bonchev–Trinajstić information content (AvgIpc) is 3.35. The van der Waals surface area contributed by atoms with E-state index in [-0.39, 0.29) is 23.2 Å². The van der Waals surface area contributed by atoms with Crippen molar-refractivity contribution in [1.82, 2.24) is 15.2 Å². The number of carbonyl (C=O) groups is 2. The highest BCUT2D eigenvalue weighted by atomic mass is 16.3. The highest BCUT2D eigenvalue weighted by Crippen LogP contribution is 2.18. The van der Waals surface area contributed by atoms with Crippen LogP contribution in [0.1, 0.15) is 85.0 Å². The van der Waals surface area contributed by atoms with Gasteiger partial charge >= 0.3 is 0 Å². The summed E-state index contributed by atoms with van der Waals surface area (Å²) < 4.78 is 7.02. The first kappa shape index (κ1) is 19.9. The predicted molar refractivity (Wildman–Crippen MR) is 105 cm³/mol. The van der Waals surface area contributed by atoms with Gasteiger partial charge in [0.25, 0.3) is 11.8 Å². The van der Waals surface area contributed by atoms with E-state index in [0.717, 1.165) is 25.7 Å². The fourth-order valence-corrected chi connectivity index (χ4v) is 3.44. The van der Waals surface area contributed by atoms with E-state index >= 15 is 0 Å². The summed E-state index contributed by atoms with van der Waals surface area (Å²) >= 11 is 0. The van der Waals surface area contributed by atoms with Gasteiger partial charge in [0.2, 0.25) is 5.43 Å². The van der Waals surface area contributed by atoms with E-state index in [0.29, 0.717) is 5.76 Å². The highest BCUT2D eigenvalue weighted by Gasteiger charge is 2.24. The van der Waals surface area contributed by atoms with Gasteiger partial charge in [-0.1, -0.05) is 12.8 Å². The number of carbonyl (C=O) groups excluding carboxylic acids is 2. The van der Waals surface area contributed by atoms with Gasteiger partial charge in [-0.3, -0.25) is 14.4 Å². The number of aromatic nitrogens is 1. The number of hydrogen-bond donors (Lipinski definition) is 2. The lowest BCUT2D eigenvalue weighted by Gasteiger charge is -2.17. The molecule has 28 heavy (non-hydrogen) atoms. The molecule has 1 saturated carbocycles. The molecule has 2 amide bonds. The molecule has 7 nitrogen and oxygen atoms in total. The number of nitrogens with zero attached hydrogens (tertiary/aromatic N) is 1. The largest absolute Gasteiger partial charge is 0.467 e. The van der Waals surface area contributed by atoms with Crippen molar-refractivity contribution in [3.05, 3.63) is 57.9 Å². The van der Waals surface area contributed by atoms with Gasteiger partial charge in [0.1, 0.15) is 16.9 Å². The van der Waals surface area contributed by atoms with E-state index in [9.17, 15) is 14.4 Å². The van der Waals surface area contributed by atoms with Gasteiger partial charge in [0.05, 0.1) is 12.3 Å². The topological polar surface area (TPSA) is 93.3 Å². The standard InChI is InChI=1S/C21H27N3O4/c1-13(2)24-11-16(20(26)22-14(3)18-9-6-10-28-18)19(25)17(12-24)21(27)23-15-7-4-5-8-15/h6,9-15H,4-5,7-8H2,1-3H3,(H,22,26)(H,23,27)/t14-/m1/s1. The summed E-state index contributed by atoms with van der Waals surface area (Å²) in [4.78, 5) is 38.4. The number of pyridine rings is 1. The lowest BCUT2D eigenvalue weighted by atomic mass is 10.1. The van der Waals surface area contributed by atoms with E-state index in [4.69, 9.17) is 4.42 Å². The quantitative estimate of drug-likeness (QED) is 0.799. The first-order valence-corrected chi connectivity index (χ1v) is 9.77. The minimum absolute atomic E-state index is 0.00102. The van der Waals surface area contributed by atoms with E-state index in [1.165, 1.54) is 18.7 Å². The van der Waals surface area contributed by atoms with Crippen molar-refractivity contribution in [3.63, 3.8) is 0 Å². The molecule has 0 spiro atoms. The predicted octanol–water partition coefficient (Wildman–Crippen LogP) is 3.19. The first-order valence-electron chi connectivity index (χ1n) is 9.77. The number of amides is 2. The summed E-state index contributed by atoms with van der Waals surface area (Å²) in [7, 11) is 0. The van der Waals surface area contributed by atoms with E-state index < -0.39 is 23.3 Å². The van der Waals surface area contributed by atoms with Crippen molar-refractivity contribution >= 4 is 11.8 Å². The highest BCUT2D eigenvalue weighted by molar-refractivity contribution is 5.99. The molecule has 2 aromatic heterocycles. The Morgan fingerprint density at radius 2 is 1.75 bits per heavy atom. The molecule has 3 rings (SSSR count). The smallest absolute Gasteiger partial charge is 0.257 e. The number of nitrogens with one attached hydrogen (secondary N) is 2. The molecule has 2 N–H and O–H groups in total. The second-order valence-corrected chi connectivity index (χ2v) is 7.62.